The Bertz CT molecular complexity index is 450. The molecule has 4 nitrogen and oxygen atoms in total. The number of rotatable bonds is 3. The van der Waals surface area contributed by atoms with Gasteiger partial charge in [0, 0.05) is 13.0 Å². The molecule has 0 saturated carbocycles. The maximum absolute atomic E-state index is 11.4. The van der Waals surface area contributed by atoms with Crippen molar-refractivity contribution in [3.05, 3.63) is 28.8 Å². The van der Waals surface area contributed by atoms with E-state index in [-0.39, 0.29) is 18.1 Å². The highest BCUT2D eigenvalue weighted by atomic mass is 35.5. The van der Waals surface area contributed by atoms with Gasteiger partial charge in [-0.05, 0) is 24.6 Å². The zero-order chi connectivity index (χ0) is 13.1. The molecule has 1 fully saturated rings. The van der Waals surface area contributed by atoms with Gasteiger partial charge in [-0.15, -0.1) is 0 Å². The fourth-order valence-corrected chi connectivity index (χ4v) is 2.16. The monoisotopic (exact) mass is 269 g/mol. The topological polar surface area (TPSA) is 47.6 Å². The van der Waals surface area contributed by atoms with Crippen LogP contribution in [0, 0.1) is 6.92 Å². The molecule has 5 heteroatoms. The SMILES string of the molecule is COC(=O)[C@@H]1C[C@H](Oc2cc(C)ccc2Cl)CN1. The Morgan fingerprint density at radius 1 is 1.50 bits per heavy atom. The molecular formula is C13H16ClNO3. The molecule has 1 N–H and O–H groups in total. The molecule has 1 aliphatic heterocycles. The van der Waals surface area contributed by atoms with E-state index >= 15 is 0 Å². The van der Waals surface area contributed by atoms with E-state index in [9.17, 15) is 4.79 Å². The van der Waals surface area contributed by atoms with Crippen molar-refractivity contribution in [3.63, 3.8) is 0 Å². The summed E-state index contributed by atoms with van der Waals surface area (Å²) in [6.45, 7) is 2.59. The summed E-state index contributed by atoms with van der Waals surface area (Å²) >= 11 is 6.06. The van der Waals surface area contributed by atoms with Crippen LogP contribution in [0.4, 0.5) is 0 Å². The number of aryl methyl sites for hydroxylation is 1. The first kappa shape index (κ1) is 13.2. The maximum Gasteiger partial charge on any atom is 0.323 e. The van der Waals surface area contributed by atoms with Gasteiger partial charge in [0.05, 0.1) is 12.1 Å². The summed E-state index contributed by atoms with van der Waals surface area (Å²) in [4.78, 5) is 11.4. The molecule has 1 aromatic carbocycles. The van der Waals surface area contributed by atoms with Crippen LogP contribution in [0.15, 0.2) is 18.2 Å². The number of carbonyl (C=O) groups excluding carboxylic acids is 1. The van der Waals surface area contributed by atoms with Crippen LogP contribution in [-0.4, -0.2) is 31.8 Å². The molecule has 1 aromatic rings. The fourth-order valence-electron chi connectivity index (χ4n) is 2.00. The summed E-state index contributed by atoms with van der Waals surface area (Å²) in [5.41, 5.74) is 1.09. The number of benzene rings is 1. The van der Waals surface area contributed by atoms with Crippen LogP contribution in [0.3, 0.4) is 0 Å². The summed E-state index contributed by atoms with van der Waals surface area (Å²) in [5.74, 6) is 0.408. The minimum Gasteiger partial charge on any atom is -0.487 e. The predicted molar refractivity (Wildman–Crippen MR) is 69.0 cm³/mol. The molecule has 0 spiro atoms. The third-order valence-corrected chi connectivity index (χ3v) is 3.27. The highest BCUT2D eigenvalue weighted by molar-refractivity contribution is 6.32. The van der Waals surface area contributed by atoms with Crippen LogP contribution in [0.2, 0.25) is 5.02 Å². The lowest BCUT2D eigenvalue weighted by Gasteiger charge is -2.14. The average Bonchev–Trinajstić information content (AvgIpc) is 2.81. The normalized spacial score (nSPS) is 22.8. The molecule has 1 aliphatic rings. The number of methoxy groups -OCH3 is 1. The molecule has 0 bridgehead atoms. The number of esters is 1. The highest BCUT2D eigenvalue weighted by Crippen LogP contribution is 2.27. The molecule has 98 valence electrons. The van der Waals surface area contributed by atoms with Crippen molar-refractivity contribution in [1.29, 1.82) is 0 Å². The third kappa shape index (κ3) is 2.94. The van der Waals surface area contributed by atoms with Gasteiger partial charge in [0.15, 0.2) is 0 Å². The quantitative estimate of drug-likeness (QED) is 0.852. The lowest BCUT2D eigenvalue weighted by atomic mass is 10.2. The summed E-state index contributed by atoms with van der Waals surface area (Å²) in [6.07, 6.45) is 0.533. The minimum absolute atomic E-state index is 0.0617. The molecule has 1 saturated heterocycles. The predicted octanol–water partition coefficient (Wildman–Crippen LogP) is 1.93. The van der Waals surface area contributed by atoms with Crippen molar-refractivity contribution >= 4 is 17.6 Å². The molecule has 18 heavy (non-hydrogen) atoms. The Morgan fingerprint density at radius 2 is 2.28 bits per heavy atom. The van der Waals surface area contributed by atoms with E-state index in [1.807, 2.05) is 25.1 Å². The Balaban J connectivity index is 1.99. The zero-order valence-electron chi connectivity index (χ0n) is 10.4. The molecule has 0 aromatic heterocycles. The van der Waals surface area contributed by atoms with Crippen LogP contribution in [0.25, 0.3) is 0 Å². The summed E-state index contributed by atoms with van der Waals surface area (Å²) in [5, 5.41) is 3.65. The van der Waals surface area contributed by atoms with Crippen molar-refractivity contribution in [1.82, 2.24) is 5.32 Å². The maximum atomic E-state index is 11.4. The Morgan fingerprint density at radius 3 is 3.00 bits per heavy atom. The van der Waals surface area contributed by atoms with E-state index in [1.165, 1.54) is 7.11 Å². The molecule has 0 amide bonds. The first-order valence-corrected chi connectivity index (χ1v) is 6.22. The second-order valence-electron chi connectivity index (χ2n) is 4.39. The second-order valence-corrected chi connectivity index (χ2v) is 4.80. The molecular weight excluding hydrogens is 254 g/mol. The summed E-state index contributed by atoms with van der Waals surface area (Å²) < 4.78 is 10.5. The Hall–Kier alpha value is -1.26. The van der Waals surface area contributed by atoms with Crippen LogP contribution in [0.5, 0.6) is 5.75 Å². The van der Waals surface area contributed by atoms with Gasteiger partial charge in [0.25, 0.3) is 0 Å². The minimum atomic E-state index is -0.288. The van der Waals surface area contributed by atoms with Crippen molar-refractivity contribution in [2.24, 2.45) is 0 Å². The summed E-state index contributed by atoms with van der Waals surface area (Å²) in [6, 6.07) is 5.35. The second kappa shape index (κ2) is 5.59. The number of nitrogens with one attached hydrogen (secondary N) is 1. The van der Waals surface area contributed by atoms with Crippen molar-refractivity contribution in [2.75, 3.05) is 13.7 Å². The molecule has 1 heterocycles. The standard InChI is InChI=1S/C13H16ClNO3/c1-8-3-4-10(14)12(5-8)18-9-6-11(15-7-9)13(16)17-2/h3-5,9,11,15H,6-7H2,1-2H3/t9-,11-/m0/s1. The largest absolute Gasteiger partial charge is 0.487 e. The lowest BCUT2D eigenvalue weighted by Crippen LogP contribution is -2.31. The molecule has 2 atom stereocenters. The van der Waals surface area contributed by atoms with Crippen molar-refractivity contribution in [3.8, 4) is 5.75 Å². The average molecular weight is 270 g/mol. The molecule has 0 unspecified atom stereocenters. The van der Waals surface area contributed by atoms with Crippen molar-refractivity contribution < 1.29 is 14.3 Å². The zero-order valence-corrected chi connectivity index (χ0v) is 11.2. The first-order valence-electron chi connectivity index (χ1n) is 5.84. The highest BCUT2D eigenvalue weighted by Gasteiger charge is 2.31. The van der Waals surface area contributed by atoms with E-state index in [2.05, 4.69) is 5.32 Å². The molecule has 0 radical (unpaired) electrons. The number of ether oxygens (including phenoxy) is 2. The fraction of sp³-hybridized carbons (Fsp3) is 0.462. The summed E-state index contributed by atoms with van der Waals surface area (Å²) in [7, 11) is 1.38. The number of carbonyl (C=O) groups is 1. The van der Waals surface area contributed by atoms with Crippen LogP contribution in [0.1, 0.15) is 12.0 Å². The third-order valence-electron chi connectivity index (χ3n) is 2.96. The Kier molecular flexibility index (Phi) is 4.09. The van der Waals surface area contributed by atoms with Crippen LogP contribution >= 0.6 is 11.6 Å². The van der Waals surface area contributed by atoms with Gasteiger partial charge >= 0.3 is 5.97 Å². The van der Waals surface area contributed by atoms with E-state index in [0.29, 0.717) is 23.7 Å². The Labute approximate surface area is 111 Å². The van der Waals surface area contributed by atoms with Gasteiger partial charge in [-0.1, -0.05) is 17.7 Å². The molecule has 2 rings (SSSR count). The number of halogens is 1. The van der Waals surface area contributed by atoms with Crippen LogP contribution < -0.4 is 10.1 Å². The molecule has 0 aliphatic carbocycles. The van der Waals surface area contributed by atoms with Gasteiger partial charge in [-0.25, -0.2) is 0 Å². The van der Waals surface area contributed by atoms with Gasteiger partial charge < -0.3 is 14.8 Å². The van der Waals surface area contributed by atoms with E-state index in [0.717, 1.165) is 5.56 Å². The van der Waals surface area contributed by atoms with Crippen molar-refractivity contribution in [2.45, 2.75) is 25.5 Å². The number of hydrogen-bond acceptors (Lipinski definition) is 4. The number of hydrogen-bond donors (Lipinski definition) is 1. The van der Waals surface area contributed by atoms with Gasteiger partial charge in [0.1, 0.15) is 17.9 Å². The van der Waals surface area contributed by atoms with E-state index in [4.69, 9.17) is 21.1 Å². The smallest absolute Gasteiger partial charge is 0.323 e. The van der Waals surface area contributed by atoms with Gasteiger partial charge in [-0.3, -0.25) is 4.79 Å². The lowest BCUT2D eigenvalue weighted by molar-refractivity contribution is -0.142. The van der Waals surface area contributed by atoms with Crippen LogP contribution in [-0.2, 0) is 9.53 Å². The van der Waals surface area contributed by atoms with E-state index < -0.39 is 0 Å². The first-order chi connectivity index (χ1) is 8.60. The van der Waals surface area contributed by atoms with Gasteiger partial charge in [0.2, 0.25) is 0 Å². The van der Waals surface area contributed by atoms with Gasteiger partial charge in [-0.2, -0.15) is 0 Å². The van der Waals surface area contributed by atoms with E-state index in [1.54, 1.807) is 0 Å².